The van der Waals surface area contributed by atoms with Crippen LogP contribution in [0.1, 0.15) is 47.0 Å². The molecule has 0 unspecified atom stereocenters. The quantitative estimate of drug-likeness (QED) is 0.597. The Bertz CT molecular complexity index is 54.2. The van der Waals surface area contributed by atoms with Crippen molar-refractivity contribution in [2.24, 2.45) is 0 Å². The van der Waals surface area contributed by atoms with Gasteiger partial charge in [0.05, 0.1) is 0 Å². The molecule has 0 atom stereocenters. The van der Waals surface area contributed by atoms with E-state index in [1.165, 1.54) is 19.3 Å². The van der Waals surface area contributed by atoms with Crippen molar-refractivity contribution < 1.29 is 0 Å². The fraction of sp³-hybridized carbons (Fsp3) is 1.00. The fourth-order valence-electron chi connectivity index (χ4n) is 1.39. The van der Waals surface area contributed by atoms with Gasteiger partial charge in [0.1, 0.15) is 0 Å². The van der Waals surface area contributed by atoms with Crippen LogP contribution >= 0.6 is 0 Å². The lowest BCUT2D eigenvalue weighted by Crippen LogP contribution is -2.29. The zero-order valence-electron chi connectivity index (χ0n) is 11.9. The van der Waals surface area contributed by atoms with Gasteiger partial charge < -0.3 is 16.0 Å². The first kappa shape index (κ1) is 18.3. The van der Waals surface area contributed by atoms with E-state index in [9.17, 15) is 0 Å². The molecule has 0 saturated carbocycles. The van der Waals surface area contributed by atoms with Gasteiger partial charge in [-0.2, -0.15) is 0 Å². The van der Waals surface area contributed by atoms with Crippen molar-refractivity contribution in [2.45, 2.75) is 47.0 Å². The van der Waals surface area contributed by atoms with E-state index >= 15 is 0 Å². The predicted molar refractivity (Wildman–Crippen MR) is 75.2 cm³/mol. The van der Waals surface area contributed by atoms with Crippen molar-refractivity contribution >= 4 is 0 Å². The molecule has 0 aromatic heterocycles. The van der Waals surface area contributed by atoms with Crippen molar-refractivity contribution in [1.29, 1.82) is 0 Å². The first-order chi connectivity index (χ1) is 8.00. The monoisotopic (exact) mass is 231 g/mol. The highest BCUT2D eigenvalue weighted by Crippen LogP contribution is 1.81. The van der Waals surface area contributed by atoms with Gasteiger partial charge >= 0.3 is 0 Å². The molecular weight excluding hydrogens is 198 g/mol. The minimum absolute atomic E-state index is 1.16. The number of hydrogen-bond donors (Lipinski definition) is 3. The van der Waals surface area contributed by atoms with Crippen LogP contribution in [0.5, 0.6) is 0 Å². The summed E-state index contributed by atoms with van der Waals surface area (Å²) in [6.45, 7) is 15.0. The molecule has 0 aromatic carbocycles. The van der Waals surface area contributed by atoms with Crippen molar-refractivity contribution in [2.75, 3.05) is 39.3 Å². The second-order valence-corrected chi connectivity index (χ2v) is 3.31. The van der Waals surface area contributed by atoms with Crippen LogP contribution in [0.4, 0.5) is 0 Å². The first-order valence-corrected chi connectivity index (χ1v) is 7.12. The van der Waals surface area contributed by atoms with Crippen LogP contribution in [0.25, 0.3) is 0 Å². The van der Waals surface area contributed by atoms with E-state index < -0.39 is 0 Å². The second-order valence-electron chi connectivity index (χ2n) is 3.31. The van der Waals surface area contributed by atoms with Crippen LogP contribution in [0.2, 0.25) is 0 Å². The summed E-state index contributed by atoms with van der Waals surface area (Å²) in [5.41, 5.74) is 0. The molecule has 1 rings (SSSR count). The number of rotatable bonds is 0. The summed E-state index contributed by atoms with van der Waals surface area (Å²) in [7, 11) is 0. The Morgan fingerprint density at radius 2 is 0.625 bits per heavy atom. The summed E-state index contributed by atoms with van der Waals surface area (Å²) in [6.07, 6.45) is 3.77. The molecule has 1 fully saturated rings. The molecule has 3 N–H and O–H groups in total. The Hall–Kier alpha value is -0.120. The fourth-order valence-corrected chi connectivity index (χ4v) is 1.39. The van der Waals surface area contributed by atoms with E-state index in [4.69, 9.17) is 0 Å². The Labute approximate surface area is 103 Å². The number of nitrogens with one attached hydrogen (secondary N) is 3. The average molecular weight is 231 g/mol. The molecular formula is C13H33N3. The van der Waals surface area contributed by atoms with Gasteiger partial charge in [-0.15, -0.1) is 0 Å². The molecule has 1 saturated heterocycles. The lowest BCUT2D eigenvalue weighted by Gasteiger charge is -2.09. The van der Waals surface area contributed by atoms with Gasteiger partial charge in [-0.05, 0) is 58.5 Å². The van der Waals surface area contributed by atoms with Crippen LogP contribution in [0.15, 0.2) is 0 Å². The van der Waals surface area contributed by atoms with Crippen molar-refractivity contribution in [3.63, 3.8) is 0 Å². The molecule has 1 aliphatic heterocycles. The minimum Gasteiger partial charge on any atom is -0.317 e. The third kappa shape index (κ3) is 16.3. The lowest BCUT2D eigenvalue weighted by molar-refractivity contribution is 0.527. The highest BCUT2D eigenvalue weighted by atomic mass is 14.9. The summed E-state index contributed by atoms with van der Waals surface area (Å²) in [5.74, 6) is 0. The maximum Gasteiger partial charge on any atom is -0.00368 e. The summed E-state index contributed by atoms with van der Waals surface area (Å²) in [4.78, 5) is 0. The largest absolute Gasteiger partial charge is 0.317 e. The van der Waals surface area contributed by atoms with Crippen LogP contribution in [-0.2, 0) is 0 Å². The molecule has 0 bridgehead atoms. The summed E-state index contributed by atoms with van der Waals surface area (Å²) < 4.78 is 0. The maximum atomic E-state index is 3.42. The molecule has 1 heterocycles. The number of hydrogen-bond acceptors (Lipinski definition) is 3. The molecule has 3 nitrogen and oxygen atoms in total. The van der Waals surface area contributed by atoms with Crippen LogP contribution < -0.4 is 16.0 Å². The Balaban J connectivity index is 0. The SMILES string of the molecule is C1CNCCCNCCCNC1.CC.CC. The zero-order valence-corrected chi connectivity index (χ0v) is 11.9. The van der Waals surface area contributed by atoms with E-state index in [-0.39, 0.29) is 0 Å². The van der Waals surface area contributed by atoms with Gasteiger partial charge in [0, 0.05) is 0 Å². The highest BCUT2D eigenvalue weighted by molar-refractivity contribution is 4.57. The van der Waals surface area contributed by atoms with E-state index in [1.54, 1.807) is 0 Å². The molecule has 0 aliphatic carbocycles. The Kier molecular flexibility index (Phi) is 23.2. The third-order valence-corrected chi connectivity index (χ3v) is 2.12. The van der Waals surface area contributed by atoms with E-state index in [0.717, 1.165) is 39.3 Å². The van der Waals surface area contributed by atoms with Crippen molar-refractivity contribution in [3.05, 3.63) is 0 Å². The van der Waals surface area contributed by atoms with Crippen molar-refractivity contribution in [3.8, 4) is 0 Å². The molecule has 16 heavy (non-hydrogen) atoms. The molecule has 0 radical (unpaired) electrons. The standard InChI is InChI=1S/C9H21N3.2C2H6/c1-4-10-6-2-8-12-9-3-7-11-5-1;2*1-2/h10-12H,1-9H2;2*1-2H3. The van der Waals surface area contributed by atoms with E-state index in [1.807, 2.05) is 27.7 Å². The topological polar surface area (TPSA) is 36.1 Å². The Morgan fingerprint density at radius 1 is 0.438 bits per heavy atom. The molecule has 0 amide bonds. The molecule has 100 valence electrons. The normalized spacial score (nSPS) is 18.8. The lowest BCUT2D eigenvalue weighted by atomic mass is 10.3. The van der Waals surface area contributed by atoms with Gasteiger partial charge in [0.15, 0.2) is 0 Å². The van der Waals surface area contributed by atoms with Crippen LogP contribution in [-0.4, -0.2) is 39.3 Å². The summed E-state index contributed by atoms with van der Waals surface area (Å²) in [5, 5.41) is 10.3. The second kappa shape index (κ2) is 20.3. The van der Waals surface area contributed by atoms with Crippen molar-refractivity contribution in [1.82, 2.24) is 16.0 Å². The third-order valence-electron chi connectivity index (χ3n) is 2.12. The predicted octanol–water partition coefficient (Wildman–Crippen LogP) is 1.99. The molecule has 0 aromatic rings. The Morgan fingerprint density at radius 3 is 0.812 bits per heavy atom. The smallest absolute Gasteiger partial charge is 0.00368 e. The van der Waals surface area contributed by atoms with Crippen LogP contribution in [0, 0.1) is 0 Å². The van der Waals surface area contributed by atoms with E-state index in [2.05, 4.69) is 16.0 Å². The summed E-state index contributed by atoms with van der Waals surface area (Å²) in [6, 6.07) is 0. The zero-order chi connectivity index (χ0) is 12.5. The van der Waals surface area contributed by atoms with E-state index in [0.29, 0.717) is 0 Å². The molecule has 0 spiro atoms. The van der Waals surface area contributed by atoms with Gasteiger partial charge in [0.25, 0.3) is 0 Å². The van der Waals surface area contributed by atoms with Gasteiger partial charge in [-0.1, -0.05) is 27.7 Å². The van der Waals surface area contributed by atoms with Gasteiger partial charge in [0.2, 0.25) is 0 Å². The highest BCUT2D eigenvalue weighted by Gasteiger charge is 1.93. The molecule has 1 aliphatic rings. The first-order valence-electron chi connectivity index (χ1n) is 7.12. The van der Waals surface area contributed by atoms with Gasteiger partial charge in [-0.25, -0.2) is 0 Å². The van der Waals surface area contributed by atoms with Gasteiger partial charge in [-0.3, -0.25) is 0 Å². The van der Waals surface area contributed by atoms with Crippen LogP contribution in [0.3, 0.4) is 0 Å². The molecule has 3 heteroatoms. The average Bonchev–Trinajstić information content (AvgIpc) is 2.35. The minimum atomic E-state index is 1.16. The summed E-state index contributed by atoms with van der Waals surface area (Å²) >= 11 is 0. The maximum absolute atomic E-state index is 3.42.